The number of nitrogens with one attached hydrogen (secondary N) is 2. The van der Waals surface area contributed by atoms with Crippen molar-refractivity contribution in [2.45, 2.75) is 24.9 Å². The predicted molar refractivity (Wildman–Crippen MR) is 129 cm³/mol. The van der Waals surface area contributed by atoms with E-state index in [2.05, 4.69) is 27.8 Å². The molecule has 3 N–H and O–H groups in total. The van der Waals surface area contributed by atoms with Gasteiger partial charge in [-0.2, -0.15) is 0 Å². The van der Waals surface area contributed by atoms with Crippen molar-refractivity contribution in [2.24, 2.45) is 0 Å². The first-order valence-corrected chi connectivity index (χ1v) is 11.9. The lowest BCUT2D eigenvalue weighted by Crippen LogP contribution is -2.50. The highest BCUT2D eigenvalue weighted by molar-refractivity contribution is 7.09. The first-order valence-electron chi connectivity index (χ1n) is 11.0. The van der Waals surface area contributed by atoms with Gasteiger partial charge in [0.15, 0.2) is 5.69 Å². The van der Waals surface area contributed by atoms with E-state index < -0.39 is 30.1 Å². The number of alkyl carbamates (subject to hydrolysis) is 1. The van der Waals surface area contributed by atoms with Gasteiger partial charge in [0, 0.05) is 18.4 Å². The smallest absolute Gasteiger partial charge is 0.407 e. The van der Waals surface area contributed by atoms with Gasteiger partial charge < -0.3 is 25.2 Å². The molecule has 1 aliphatic rings. The molecular formula is C25H25N3O6S. The molecule has 0 saturated heterocycles. The minimum atomic E-state index is -1.14. The van der Waals surface area contributed by atoms with E-state index in [4.69, 9.17) is 14.6 Å². The topological polar surface area (TPSA) is 127 Å². The van der Waals surface area contributed by atoms with E-state index in [1.54, 1.807) is 6.92 Å². The molecular weight excluding hydrogens is 470 g/mol. The number of fused-ring (bicyclic) bond motifs is 3. The lowest BCUT2D eigenvalue weighted by Gasteiger charge is -2.20. The molecule has 10 heteroatoms. The number of aromatic carboxylic acids is 1. The number of benzene rings is 2. The van der Waals surface area contributed by atoms with Gasteiger partial charge in [0.1, 0.15) is 17.7 Å². The van der Waals surface area contributed by atoms with E-state index in [9.17, 15) is 14.4 Å². The minimum Gasteiger partial charge on any atom is -0.476 e. The monoisotopic (exact) mass is 495 g/mol. The maximum Gasteiger partial charge on any atom is 0.407 e. The van der Waals surface area contributed by atoms with Crippen molar-refractivity contribution in [3.05, 3.63) is 75.7 Å². The summed E-state index contributed by atoms with van der Waals surface area (Å²) in [6.07, 6.45) is -0.737. The lowest BCUT2D eigenvalue weighted by atomic mass is 9.98. The molecule has 0 radical (unpaired) electrons. The molecule has 1 unspecified atom stereocenters. The zero-order valence-corrected chi connectivity index (χ0v) is 20.0. The van der Waals surface area contributed by atoms with Gasteiger partial charge in [0.25, 0.3) is 0 Å². The molecule has 4 rings (SSSR count). The summed E-state index contributed by atoms with van der Waals surface area (Å²) in [5.41, 5.74) is 4.33. The number of carbonyl (C=O) groups is 3. The number of nitrogens with zero attached hydrogens (tertiary/aromatic N) is 1. The molecule has 9 nitrogen and oxygen atoms in total. The first kappa shape index (κ1) is 24.4. The summed E-state index contributed by atoms with van der Waals surface area (Å²) in [4.78, 5) is 40.4. The highest BCUT2D eigenvalue weighted by Gasteiger charge is 2.30. The predicted octanol–water partition coefficient (Wildman–Crippen LogP) is 3.57. The molecule has 35 heavy (non-hydrogen) atoms. The lowest BCUT2D eigenvalue weighted by molar-refractivity contribution is -0.125. The molecule has 0 bridgehead atoms. The molecule has 0 aliphatic heterocycles. The first-order chi connectivity index (χ1) is 16.9. The molecule has 1 aliphatic carbocycles. The highest BCUT2D eigenvalue weighted by atomic mass is 32.1. The standard InChI is InChI=1S/C25H25N3O6S/c1-14(23-27-21(13-35-23)24(30)31)26-22(29)20(12-33-2)28-25(32)34-11-19-17-9-5-3-7-15(17)16-8-4-6-10-18(16)19/h3-10,13-14,19-20H,11-12H2,1-2H3,(H,26,29)(H,28,32)(H,30,31)/t14?,20-/m0/s1. The van der Waals surface area contributed by atoms with E-state index >= 15 is 0 Å². The second-order valence-corrected chi connectivity index (χ2v) is 8.97. The number of carbonyl (C=O) groups excluding carboxylic acids is 2. The van der Waals surface area contributed by atoms with E-state index in [1.165, 1.54) is 12.5 Å². The number of methoxy groups -OCH3 is 1. The van der Waals surface area contributed by atoms with Crippen LogP contribution >= 0.6 is 11.3 Å². The number of hydrogen-bond donors (Lipinski definition) is 3. The Hall–Kier alpha value is -3.76. The van der Waals surface area contributed by atoms with Crippen LogP contribution in [0.4, 0.5) is 4.79 Å². The number of aromatic nitrogens is 1. The number of thiazole rings is 1. The van der Waals surface area contributed by atoms with Crippen molar-refractivity contribution in [2.75, 3.05) is 20.3 Å². The number of hydrogen-bond acceptors (Lipinski definition) is 7. The van der Waals surface area contributed by atoms with E-state index in [0.29, 0.717) is 5.01 Å². The highest BCUT2D eigenvalue weighted by Crippen LogP contribution is 2.44. The summed E-state index contributed by atoms with van der Waals surface area (Å²) in [6.45, 7) is 1.73. The average Bonchev–Trinajstić information content (AvgIpc) is 3.46. The zero-order chi connectivity index (χ0) is 24.9. The van der Waals surface area contributed by atoms with Gasteiger partial charge in [-0.1, -0.05) is 48.5 Å². The summed E-state index contributed by atoms with van der Waals surface area (Å²) in [5.74, 6) is -1.74. The van der Waals surface area contributed by atoms with Gasteiger partial charge in [-0.15, -0.1) is 11.3 Å². The number of rotatable bonds is 9. The minimum absolute atomic E-state index is 0.0685. The van der Waals surface area contributed by atoms with Crippen molar-refractivity contribution in [3.8, 4) is 11.1 Å². The van der Waals surface area contributed by atoms with Crippen LogP contribution in [0.25, 0.3) is 11.1 Å². The average molecular weight is 496 g/mol. The van der Waals surface area contributed by atoms with Crippen LogP contribution in [0.1, 0.15) is 45.5 Å². The fourth-order valence-electron chi connectivity index (χ4n) is 4.09. The van der Waals surface area contributed by atoms with Gasteiger partial charge in [0.05, 0.1) is 12.6 Å². The van der Waals surface area contributed by atoms with Gasteiger partial charge in [0.2, 0.25) is 5.91 Å². The Morgan fingerprint density at radius 3 is 2.26 bits per heavy atom. The molecule has 1 aromatic heterocycles. The molecule has 182 valence electrons. The molecule has 0 fully saturated rings. The Morgan fingerprint density at radius 1 is 1.06 bits per heavy atom. The maximum absolute atomic E-state index is 12.8. The number of ether oxygens (including phenoxy) is 2. The van der Waals surface area contributed by atoms with Gasteiger partial charge in [-0.3, -0.25) is 4.79 Å². The second-order valence-electron chi connectivity index (χ2n) is 8.08. The summed E-state index contributed by atoms with van der Waals surface area (Å²) < 4.78 is 10.6. The van der Waals surface area contributed by atoms with E-state index in [-0.39, 0.29) is 24.8 Å². The molecule has 1 heterocycles. The van der Waals surface area contributed by atoms with E-state index in [1.807, 2.05) is 36.4 Å². The molecule has 0 spiro atoms. The Kier molecular flexibility index (Phi) is 7.42. The summed E-state index contributed by atoms with van der Waals surface area (Å²) in [5, 5.41) is 16.2. The van der Waals surface area contributed by atoms with Crippen LogP contribution in [-0.4, -0.2) is 54.4 Å². The van der Waals surface area contributed by atoms with Crippen LogP contribution < -0.4 is 10.6 Å². The number of carboxylic acids is 1. The van der Waals surface area contributed by atoms with Crippen LogP contribution in [0.15, 0.2) is 53.9 Å². The van der Waals surface area contributed by atoms with Gasteiger partial charge >= 0.3 is 12.1 Å². The Balaban J connectivity index is 1.37. The van der Waals surface area contributed by atoms with Crippen molar-refractivity contribution >= 4 is 29.3 Å². The third-order valence-corrected chi connectivity index (χ3v) is 6.78. The van der Waals surface area contributed by atoms with Crippen LogP contribution in [0.3, 0.4) is 0 Å². The van der Waals surface area contributed by atoms with Crippen molar-refractivity contribution in [1.82, 2.24) is 15.6 Å². The summed E-state index contributed by atoms with van der Waals surface area (Å²) in [7, 11) is 1.42. The Labute approximate surface area is 206 Å². The van der Waals surface area contributed by atoms with Crippen LogP contribution in [-0.2, 0) is 14.3 Å². The van der Waals surface area contributed by atoms with Gasteiger partial charge in [-0.05, 0) is 29.2 Å². The normalized spacial score (nSPS) is 13.9. The fraction of sp³-hybridized carbons (Fsp3) is 0.280. The molecule has 0 saturated carbocycles. The van der Waals surface area contributed by atoms with Crippen LogP contribution in [0.2, 0.25) is 0 Å². The van der Waals surface area contributed by atoms with Crippen molar-refractivity contribution in [1.29, 1.82) is 0 Å². The van der Waals surface area contributed by atoms with E-state index in [0.717, 1.165) is 33.6 Å². The van der Waals surface area contributed by atoms with Gasteiger partial charge in [-0.25, -0.2) is 14.6 Å². The summed E-state index contributed by atoms with van der Waals surface area (Å²) in [6, 6.07) is 14.5. The second kappa shape index (κ2) is 10.7. The molecule has 2 atom stereocenters. The SMILES string of the molecule is COC[C@H](NC(=O)OCC1c2ccccc2-c2ccccc21)C(=O)NC(C)c1nc(C(=O)O)cs1. The maximum atomic E-state index is 12.8. The zero-order valence-electron chi connectivity index (χ0n) is 19.2. The van der Waals surface area contributed by atoms with Crippen LogP contribution in [0, 0.1) is 0 Å². The Morgan fingerprint density at radius 2 is 1.69 bits per heavy atom. The largest absolute Gasteiger partial charge is 0.476 e. The quantitative estimate of drug-likeness (QED) is 0.414. The molecule has 3 aromatic rings. The van der Waals surface area contributed by atoms with Crippen molar-refractivity contribution in [3.63, 3.8) is 0 Å². The summed E-state index contributed by atoms with van der Waals surface area (Å²) >= 11 is 1.13. The molecule has 2 amide bonds. The number of carboxylic acid groups (broad SMARTS) is 1. The van der Waals surface area contributed by atoms with Crippen molar-refractivity contribution < 1.29 is 29.0 Å². The third kappa shape index (κ3) is 5.33. The fourth-order valence-corrected chi connectivity index (χ4v) is 4.89. The molecule has 2 aromatic carbocycles. The third-order valence-electron chi connectivity index (χ3n) is 5.76. The number of amides is 2. The Bertz CT molecular complexity index is 1200. The van der Waals surface area contributed by atoms with Crippen LogP contribution in [0.5, 0.6) is 0 Å².